The number of anilines is 2. The van der Waals surface area contributed by atoms with E-state index in [-0.39, 0.29) is 5.91 Å². The van der Waals surface area contributed by atoms with E-state index in [1.807, 2.05) is 18.2 Å². The molecule has 32 heavy (non-hydrogen) atoms. The molecule has 6 heteroatoms. The molecule has 1 aliphatic rings. The molecule has 0 bridgehead atoms. The number of fused-ring (bicyclic) bond motifs is 2. The minimum absolute atomic E-state index is 0.176. The number of rotatable bonds is 5. The van der Waals surface area contributed by atoms with Crippen LogP contribution >= 0.6 is 11.3 Å². The maximum absolute atomic E-state index is 13.4. The second-order valence-electron chi connectivity index (χ2n) is 8.23. The average Bonchev–Trinajstić information content (AvgIpc) is 3.46. The molecule has 3 aromatic heterocycles. The van der Waals surface area contributed by atoms with Crippen LogP contribution in [0.4, 0.5) is 11.4 Å². The van der Waals surface area contributed by atoms with Crippen molar-refractivity contribution in [1.29, 1.82) is 0 Å². The number of hydrogen-bond acceptors (Lipinski definition) is 5. The van der Waals surface area contributed by atoms with Gasteiger partial charge in [-0.2, -0.15) is 0 Å². The number of thiophene rings is 1. The van der Waals surface area contributed by atoms with E-state index in [4.69, 9.17) is 15.1 Å². The largest absolute Gasteiger partial charge is 0.464 e. The van der Waals surface area contributed by atoms with Crippen LogP contribution in [-0.2, 0) is 25.7 Å². The van der Waals surface area contributed by atoms with Gasteiger partial charge in [-0.25, -0.2) is 4.98 Å². The van der Waals surface area contributed by atoms with Crippen LogP contribution in [0.5, 0.6) is 0 Å². The van der Waals surface area contributed by atoms with Crippen molar-refractivity contribution >= 4 is 38.8 Å². The normalized spacial score (nSPS) is 13.3. The highest BCUT2D eigenvalue weighted by atomic mass is 32.1. The van der Waals surface area contributed by atoms with Crippen molar-refractivity contribution < 1.29 is 9.21 Å². The zero-order chi connectivity index (χ0) is 22.2. The SMILES string of the molecule is CCc1cccc(CC)c1NC(=O)c1sc2nc3c(c(-c4ccco4)c2c1N)CCCC3. The minimum atomic E-state index is -0.176. The van der Waals surface area contributed by atoms with E-state index >= 15 is 0 Å². The number of para-hydroxylation sites is 1. The molecule has 5 rings (SSSR count). The Morgan fingerprint density at radius 3 is 2.56 bits per heavy atom. The summed E-state index contributed by atoms with van der Waals surface area (Å²) in [6.07, 6.45) is 7.53. The third-order valence-corrected chi connectivity index (χ3v) is 7.46. The molecule has 0 atom stereocenters. The Balaban J connectivity index is 1.65. The number of pyridine rings is 1. The van der Waals surface area contributed by atoms with Crippen LogP contribution in [0.1, 0.15) is 58.7 Å². The van der Waals surface area contributed by atoms with Crippen molar-refractivity contribution in [2.45, 2.75) is 52.4 Å². The van der Waals surface area contributed by atoms with E-state index in [9.17, 15) is 4.79 Å². The third kappa shape index (κ3) is 3.39. The lowest BCUT2D eigenvalue weighted by atomic mass is 9.89. The zero-order valence-electron chi connectivity index (χ0n) is 18.5. The maximum Gasteiger partial charge on any atom is 0.267 e. The van der Waals surface area contributed by atoms with Crippen molar-refractivity contribution in [1.82, 2.24) is 4.98 Å². The van der Waals surface area contributed by atoms with Crippen LogP contribution < -0.4 is 11.1 Å². The topological polar surface area (TPSA) is 81.2 Å². The van der Waals surface area contributed by atoms with Crippen LogP contribution in [-0.4, -0.2) is 10.9 Å². The van der Waals surface area contributed by atoms with Gasteiger partial charge < -0.3 is 15.5 Å². The van der Waals surface area contributed by atoms with Crippen LogP contribution in [0.2, 0.25) is 0 Å². The Kier molecular flexibility index (Phi) is 5.47. The summed E-state index contributed by atoms with van der Waals surface area (Å²) in [4.78, 5) is 19.7. The molecule has 1 aromatic carbocycles. The highest BCUT2D eigenvalue weighted by Gasteiger charge is 2.27. The monoisotopic (exact) mass is 445 g/mol. The van der Waals surface area contributed by atoms with E-state index < -0.39 is 0 Å². The summed E-state index contributed by atoms with van der Waals surface area (Å²) in [5.74, 6) is 0.612. The van der Waals surface area contributed by atoms with Crippen LogP contribution in [0.3, 0.4) is 0 Å². The van der Waals surface area contributed by atoms with Crippen LogP contribution in [0.25, 0.3) is 21.5 Å². The quantitative estimate of drug-likeness (QED) is 0.373. The van der Waals surface area contributed by atoms with Crippen molar-refractivity contribution in [3.8, 4) is 11.3 Å². The van der Waals surface area contributed by atoms with Gasteiger partial charge in [-0.3, -0.25) is 4.79 Å². The molecular weight excluding hydrogens is 418 g/mol. The molecule has 3 N–H and O–H groups in total. The number of aryl methyl sites for hydroxylation is 3. The number of benzene rings is 1. The van der Waals surface area contributed by atoms with Crippen molar-refractivity contribution in [3.05, 3.63) is 63.9 Å². The molecule has 0 fully saturated rings. The van der Waals surface area contributed by atoms with Gasteiger partial charge >= 0.3 is 0 Å². The number of carbonyl (C=O) groups is 1. The van der Waals surface area contributed by atoms with Gasteiger partial charge in [-0.15, -0.1) is 11.3 Å². The lowest BCUT2D eigenvalue weighted by molar-refractivity contribution is 0.103. The standard InChI is InChI=1S/C26H27N3O2S/c1-3-15-9-7-10-16(4-2)23(15)29-25(30)24-22(27)21-20(19-13-8-14-31-19)17-11-5-6-12-18(17)28-26(21)32-24/h7-10,13-14H,3-6,11-12,27H2,1-2H3,(H,29,30). The molecule has 1 amide bonds. The van der Waals surface area contributed by atoms with Crippen molar-refractivity contribution in [2.75, 3.05) is 11.1 Å². The van der Waals surface area contributed by atoms with Crippen molar-refractivity contribution in [2.24, 2.45) is 0 Å². The predicted molar refractivity (Wildman–Crippen MR) is 132 cm³/mol. The maximum atomic E-state index is 13.4. The first-order chi connectivity index (χ1) is 15.6. The molecule has 0 spiro atoms. The molecule has 0 aliphatic heterocycles. The molecule has 0 unspecified atom stereocenters. The highest BCUT2D eigenvalue weighted by Crippen LogP contribution is 2.44. The molecular formula is C26H27N3O2S. The summed E-state index contributed by atoms with van der Waals surface area (Å²) >= 11 is 1.37. The van der Waals surface area contributed by atoms with Gasteiger partial charge in [0.05, 0.1) is 12.0 Å². The van der Waals surface area contributed by atoms with Crippen LogP contribution in [0, 0.1) is 0 Å². The van der Waals surface area contributed by atoms with Crippen molar-refractivity contribution in [3.63, 3.8) is 0 Å². The Labute approximate surface area is 191 Å². The fraction of sp³-hybridized carbons (Fsp3) is 0.308. The van der Waals surface area contributed by atoms with Gasteiger partial charge in [0.2, 0.25) is 0 Å². The number of amides is 1. The first-order valence-corrected chi connectivity index (χ1v) is 12.1. The summed E-state index contributed by atoms with van der Waals surface area (Å²) in [6, 6.07) is 10.0. The Bertz CT molecular complexity index is 1280. The second kappa shape index (κ2) is 8.43. The summed E-state index contributed by atoms with van der Waals surface area (Å²) in [5.41, 5.74) is 13.6. The molecule has 3 heterocycles. The predicted octanol–water partition coefficient (Wildman–Crippen LogP) is 6.39. The number of hydrogen-bond donors (Lipinski definition) is 2. The molecule has 0 saturated heterocycles. The number of carbonyl (C=O) groups excluding carboxylic acids is 1. The van der Waals surface area contributed by atoms with Gasteiger partial charge in [0, 0.05) is 22.3 Å². The Morgan fingerprint density at radius 2 is 1.88 bits per heavy atom. The van der Waals surface area contributed by atoms with E-state index in [1.54, 1.807) is 6.26 Å². The van der Waals surface area contributed by atoms with Gasteiger partial charge in [0.25, 0.3) is 5.91 Å². The Morgan fingerprint density at radius 1 is 1.12 bits per heavy atom. The fourth-order valence-electron chi connectivity index (χ4n) is 4.74. The first-order valence-electron chi connectivity index (χ1n) is 11.3. The summed E-state index contributed by atoms with van der Waals surface area (Å²) in [6.45, 7) is 4.20. The number of nitrogens with two attached hydrogens (primary N) is 1. The summed E-state index contributed by atoms with van der Waals surface area (Å²) in [7, 11) is 0. The molecule has 0 radical (unpaired) electrons. The zero-order valence-corrected chi connectivity index (χ0v) is 19.3. The fourth-order valence-corrected chi connectivity index (χ4v) is 5.76. The van der Waals surface area contributed by atoms with E-state index in [0.717, 1.165) is 82.6 Å². The lowest BCUT2D eigenvalue weighted by Crippen LogP contribution is -2.15. The molecule has 1 aliphatic carbocycles. The van der Waals surface area contributed by atoms with Gasteiger partial charge in [0.1, 0.15) is 15.5 Å². The summed E-state index contributed by atoms with van der Waals surface area (Å²) in [5, 5.41) is 4.01. The molecule has 164 valence electrons. The first kappa shape index (κ1) is 20.8. The molecule has 4 aromatic rings. The van der Waals surface area contributed by atoms with Gasteiger partial charge in [0.15, 0.2) is 0 Å². The average molecular weight is 446 g/mol. The third-order valence-electron chi connectivity index (χ3n) is 6.36. The minimum Gasteiger partial charge on any atom is -0.464 e. The lowest BCUT2D eigenvalue weighted by Gasteiger charge is -2.18. The van der Waals surface area contributed by atoms with Gasteiger partial charge in [-0.1, -0.05) is 32.0 Å². The number of nitrogens with zero attached hydrogens (tertiary/aromatic N) is 1. The number of aromatic nitrogens is 1. The Hall–Kier alpha value is -3.12. The second-order valence-corrected chi connectivity index (χ2v) is 9.23. The van der Waals surface area contributed by atoms with Gasteiger partial charge in [-0.05, 0) is 67.3 Å². The highest BCUT2D eigenvalue weighted by molar-refractivity contribution is 7.21. The van der Waals surface area contributed by atoms with Crippen LogP contribution in [0.15, 0.2) is 41.0 Å². The smallest absolute Gasteiger partial charge is 0.267 e. The number of nitrogens with one attached hydrogen (secondary N) is 1. The van der Waals surface area contributed by atoms with E-state index in [1.165, 1.54) is 16.9 Å². The molecule has 0 saturated carbocycles. The molecule has 5 nitrogen and oxygen atoms in total. The van der Waals surface area contributed by atoms with E-state index in [0.29, 0.717) is 10.6 Å². The number of nitrogen functional groups attached to an aromatic ring is 1. The number of furan rings is 1. The van der Waals surface area contributed by atoms with E-state index in [2.05, 4.69) is 31.3 Å². The summed E-state index contributed by atoms with van der Waals surface area (Å²) < 4.78 is 5.80.